The summed E-state index contributed by atoms with van der Waals surface area (Å²) in [6.45, 7) is 14.1. The predicted octanol–water partition coefficient (Wildman–Crippen LogP) is 6.02. The van der Waals surface area contributed by atoms with Crippen LogP contribution in [0.1, 0.15) is 47.1 Å². The molecule has 0 aliphatic carbocycles. The maximum atomic E-state index is 3.75. The van der Waals surface area contributed by atoms with Crippen LogP contribution in [-0.2, 0) is 0 Å². The maximum absolute atomic E-state index is 3.75. The van der Waals surface area contributed by atoms with Gasteiger partial charge in [0, 0.05) is 10.0 Å². The molecule has 0 unspecified atom stereocenters. The summed E-state index contributed by atoms with van der Waals surface area (Å²) < 4.78 is 1.10. The molecule has 19 heavy (non-hydrogen) atoms. The molecule has 0 amide bonds. The summed E-state index contributed by atoms with van der Waals surface area (Å²) in [6.07, 6.45) is 0. The first-order valence-corrected chi connectivity index (χ1v) is 10.1. The second-order valence-corrected chi connectivity index (χ2v) is 12.6. The van der Waals surface area contributed by atoms with E-state index in [1.165, 1.54) is 0 Å². The molecule has 1 aromatic carbocycles. The minimum Gasteiger partial charge on any atom is -0.125 e. The number of benzene rings is 1. The van der Waals surface area contributed by atoms with E-state index >= 15 is 0 Å². The molecule has 0 nitrogen and oxygen atoms in total. The van der Waals surface area contributed by atoms with Crippen LogP contribution in [0.4, 0.5) is 0 Å². The van der Waals surface area contributed by atoms with Gasteiger partial charge in [-0.3, -0.25) is 0 Å². The van der Waals surface area contributed by atoms with Crippen molar-refractivity contribution in [2.24, 2.45) is 0 Å². The molecule has 2 heteroatoms. The van der Waals surface area contributed by atoms with Crippen molar-refractivity contribution in [3.8, 4) is 11.5 Å². The van der Waals surface area contributed by atoms with E-state index in [1.807, 2.05) is 6.07 Å². The van der Waals surface area contributed by atoms with E-state index in [0.29, 0.717) is 16.6 Å². The van der Waals surface area contributed by atoms with Crippen molar-refractivity contribution in [2.75, 3.05) is 0 Å². The Bertz CT molecular complexity index is 456. The van der Waals surface area contributed by atoms with Crippen molar-refractivity contribution < 1.29 is 0 Å². The SMILES string of the molecule is CC(C)[Si](C#Cc1ccccc1Br)(C(C)C)C(C)C. The van der Waals surface area contributed by atoms with E-state index in [1.54, 1.807) is 0 Å². The van der Waals surface area contributed by atoms with Crippen LogP contribution in [0.3, 0.4) is 0 Å². The lowest BCUT2D eigenvalue weighted by Gasteiger charge is -2.38. The molecule has 0 bridgehead atoms. The van der Waals surface area contributed by atoms with Crippen LogP contribution in [0, 0.1) is 11.5 Å². The summed E-state index contributed by atoms with van der Waals surface area (Å²) in [5.41, 5.74) is 6.91. The fourth-order valence-electron chi connectivity index (χ4n) is 3.17. The first-order valence-electron chi connectivity index (χ1n) is 7.10. The molecule has 1 rings (SSSR count). The molecule has 0 aromatic heterocycles. The van der Waals surface area contributed by atoms with Crippen LogP contribution in [0.15, 0.2) is 28.7 Å². The molecule has 1 aromatic rings. The Morgan fingerprint density at radius 2 is 1.37 bits per heavy atom. The zero-order valence-electron chi connectivity index (χ0n) is 12.9. The molecule has 0 saturated carbocycles. The summed E-state index contributed by atoms with van der Waals surface area (Å²) in [7, 11) is -1.62. The van der Waals surface area contributed by atoms with Gasteiger partial charge in [-0.2, -0.15) is 0 Å². The summed E-state index contributed by atoms with van der Waals surface area (Å²) in [5, 5.41) is 0. The highest BCUT2D eigenvalue weighted by molar-refractivity contribution is 9.10. The van der Waals surface area contributed by atoms with Gasteiger partial charge in [-0.05, 0) is 44.7 Å². The van der Waals surface area contributed by atoms with Crippen LogP contribution in [0.5, 0.6) is 0 Å². The van der Waals surface area contributed by atoms with Crippen molar-refractivity contribution >= 4 is 24.0 Å². The van der Waals surface area contributed by atoms with Gasteiger partial charge < -0.3 is 0 Å². The summed E-state index contributed by atoms with van der Waals surface area (Å²) in [4.78, 5) is 0. The molecule has 0 N–H and O–H groups in total. The maximum Gasteiger partial charge on any atom is 0.146 e. The topological polar surface area (TPSA) is 0 Å². The lowest BCUT2D eigenvalue weighted by molar-refractivity contribution is 0.838. The Morgan fingerprint density at radius 1 is 0.895 bits per heavy atom. The Hall–Kier alpha value is -0.523. The van der Waals surface area contributed by atoms with Crippen LogP contribution >= 0.6 is 15.9 Å². The van der Waals surface area contributed by atoms with Gasteiger partial charge in [-0.1, -0.05) is 59.6 Å². The lowest BCUT2D eigenvalue weighted by Crippen LogP contribution is -2.43. The van der Waals surface area contributed by atoms with Crippen LogP contribution in [0.25, 0.3) is 0 Å². The normalized spacial score (nSPS) is 11.9. The quantitative estimate of drug-likeness (QED) is 0.467. The van der Waals surface area contributed by atoms with E-state index < -0.39 is 8.07 Å². The third-order valence-electron chi connectivity index (χ3n) is 4.15. The zero-order chi connectivity index (χ0) is 14.6. The van der Waals surface area contributed by atoms with E-state index in [2.05, 4.69) is 87.1 Å². The average molecular weight is 337 g/mol. The third-order valence-corrected chi connectivity index (χ3v) is 11.1. The molecule has 0 saturated heterocycles. The van der Waals surface area contributed by atoms with Crippen molar-refractivity contribution in [3.63, 3.8) is 0 Å². The number of halogens is 1. The van der Waals surface area contributed by atoms with Gasteiger partial charge in [0.15, 0.2) is 0 Å². The first kappa shape index (κ1) is 16.5. The molecule has 0 aliphatic heterocycles. The van der Waals surface area contributed by atoms with E-state index in [9.17, 15) is 0 Å². The summed E-state index contributed by atoms with van der Waals surface area (Å²) >= 11 is 3.59. The zero-order valence-corrected chi connectivity index (χ0v) is 15.5. The predicted molar refractivity (Wildman–Crippen MR) is 92.1 cm³/mol. The minimum atomic E-state index is -1.62. The van der Waals surface area contributed by atoms with Crippen LogP contribution < -0.4 is 0 Å². The van der Waals surface area contributed by atoms with Crippen molar-refractivity contribution in [2.45, 2.75) is 58.2 Å². The Kier molecular flexibility index (Phi) is 5.89. The summed E-state index contributed by atoms with van der Waals surface area (Å²) in [6, 6.07) is 8.25. The molecule has 0 atom stereocenters. The van der Waals surface area contributed by atoms with Gasteiger partial charge in [0.2, 0.25) is 0 Å². The highest BCUT2D eigenvalue weighted by atomic mass is 79.9. The second-order valence-electron chi connectivity index (χ2n) is 6.13. The number of hydrogen-bond acceptors (Lipinski definition) is 0. The second kappa shape index (κ2) is 6.77. The van der Waals surface area contributed by atoms with Gasteiger partial charge in [0.25, 0.3) is 0 Å². The van der Waals surface area contributed by atoms with E-state index in [4.69, 9.17) is 0 Å². The van der Waals surface area contributed by atoms with E-state index in [0.717, 1.165) is 10.0 Å². The molecule has 104 valence electrons. The first-order chi connectivity index (χ1) is 8.82. The fourth-order valence-corrected chi connectivity index (χ4v) is 8.77. The molecule has 0 fully saturated rings. The highest BCUT2D eigenvalue weighted by Gasteiger charge is 2.41. The average Bonchev–Trinajstić information content (AvgIpc) is 2.30. The molecule has 0 radical (unpaired) electrons. The Labute approximate surface area is 128 Å². The molecular formula is C17H25BrSi. The van der Waals surface area contributed by atoms with Gasteiger partial charge in [0.05, 0.1) is 0 Å². The van der Waals surface area contributed by atoms with Gasteiger partial charge in [-0.25, -0.2) is 0 Å². The minimum absolute atomic E-state index is 0.683. The standard InChI is InChI=1S/C17H25BrSi/c1-13(2)19(14(3)4,15(5)6)12-11-16-9-7-8-10-17(16)18/h7-10,13-15H,1-6H3. The van der Waals surface area contributed by atoms with Gasteiger partial charge in [0.1, 0.15) is 8.07 Å². The molecule has 0 aliphatic rings. The largest absolute Gasteiger partial charge is 0.146 e. The lowest BCUT2D eigenvalue weighted by atomic mass is 10.2. The van der Waals surface area contributed by atoms with Gasteiger partial charge in [-0.15, -0.1) is 5.54 Å². The van der Waals surface area contributed by atoms with Gasteiger partial charge >= 0.3 is 0 Å². The van der Waals surface area contributed by atoms with Crippen molar-refractivity contribution in [1.82, 2.24) is 0 Å². The highest BCUT2D eigenvalue weighted by Crippen LogP contribution is 2.40. The molecule has 0 spiro atoms. The fraction of sp³-hybridized carbons (Fsp3) is 0.529. The molecule has 0 heterocycles. The van der Waals surface area contributed by atoms with Crippen LogP contribution in [-0.4, -0.2) is 8.07 Å². The number of rotatable bonds is 3. The monoisotopic (exact) mass is 336 g/mol. The third kappa shape index (κ3) is 3.52. The Morgan fingerprint density at radius 3 is 1.79 bits per heavy atom. The van der Waals surface area contributed by atoms with Crippen molar-refractivity contribution in [1.29, 1.82) is 0 Å². The smallest absolute Gasteiger partial charge is 0.125 e. The van der Waals surface area contributed by atoms with Crippen molar-refractivity contribution in [3.05, 3.63) is 34.3 Å². The summed E-state index contributed by atoms with van der Waals surface area (Å²) in [5.74, 6) is 3.46. The molecular weight excluding hydrogens is 312 g/mol. The number of hydrogen-bond donors (Lipinski definition) is 0. The van der Waals surface area contributed by atoms with E-state index in [-0.39, 0.29) is 0 Å². The Balaban J connectivity index is 3.28. The van der Waals surface area contributed by atoms with Crippen LogP contribution in [0.2, 0.25) is 16.6 Å².